The molecule has 0 aliphatic rings. The molecule has 0 N–H and O–H groups in total. The lowest BCUT2D eigenvalue weighted by Crippen LogP contribution is -2.30. The van der Waals surface area contributed by atoms with Gasteiger partial charge in [-0.1, -0.05) is 327 Å². The second-order valence-corrected chi connectivity index (χ2v) is 23.8. The van der Waals surface area contributed by atoms with Gasteiger partial charge in [0.05, 0.1) is 0 Å². The molecule has 0 aliphatic carbocycles. The number of carbonyl (C=O) groups is 3. The molecule has 0 aromatic heterocycles. The predicted octanol–water partition coefficient (Wildman–Crippen LogP) is 23.9. The van der Waals surface area contributed by atoms with Crippen LogP contribution in [0.25, 0.3) is 0 Å². The first-order valence-corrected chi connectivity index (χ1v) is 35.0. The first-order chi connectivity index (χ1) is 38.5. The zero-order valence-corrected chi connectivity index (χ0v) is 52.7. The van der Waals surface area contributed by atoms with E-state index < -0.39 is 6.10 Å². The van der Waals surface area contributed by atoms with E-state index in [0.29, 0.717) is 19.3 Å². The summed E-state index contributed by atoms with van der Waals surface area (Å²) in [6.07, 6.45) is 83.5. The van der Waals surface area contributed by atoms with Gasteiger partial charge in [0, 0.05) is 19.3 Å². The van der Waals surface area contributed by atoms with Crippen molar-refractivity contribution in [3.8, 4) is 0 Å². The van der Waals surface area contributed by atoms with E-state index in [1.54, 1.807) is 0 Å². The molecule has 458 valence electrons. The van der Waals surface area contributed by atoms with Gasteiger partial charge in [0.15, 0.2) is 6.10 Å². The van der Waals surface area contributed by atoms with Crippen LogP contribution in [0, 0.1) is 0 Å². The van der Waals surface area contributed by atoms with Crippen LogP contribution < -0.4 is 0 Å². The highest BCUT2D eigenvalue weighted by Gasteiger charge is 2.19. The molecule has 1 atom stereocenters. The fraction of sp³-hybridized carbons (Fsp3) is 0.875. The number of rotatable bonds is 65. The topological polar surface area (TPSA) is 78.9 Å². The molecular formula is C72H134O6. The van der Waals surface area contributed by atoms with E-state index >= 15 is 0 Å². The van der Waals surface area contributed by atoms with Gasteiger partial charge >= 0.3 is 17.9 Å². The summed E-state index contributed by atoms with van der Waals surface area (Å²) < 4.78 is 16.9. The number of ether oxygens (including phenoxy) is 3. The maximum Gasteiger partial charge on any atom is 0.306 e. The number of carbonyl (C=O) groups excluding carboxylic acids is 3. The van der Waals surface area contributed by atoms with Crippen molar-refractivity contribution < 1.29 is 28.6 Å². The van der Waals surface area contributed by atoms with Crippen LogP contribution in [0.2, 0.25) is 0 Å². The van der Waals surface area contributed by atoms with E-state index in [-0.39, 0.29) is 31.1 Å². The lowest BCUT2D eigenvalue weighted by Gasteiger charge is -2.18. The van der Waals surface area contributed by atoms with Crippen molar-refractivity contribution in [1.82, 2.24) is 0 Å². The molecule has 0 radical (unpaired) electrons. The molecule has 0 rings (SSSR count). The third-order valence-electron chi connectivity index (χ3n) is 15.9. The zero-order valence-electron chi connectivity index (χ0n) is 52.7. The lowest BCUT2D eigenvalue weighted by molar-refractivity contribution is -0.167. The Hall–Kier alpha value is -2.37. The maximum atomic E-state index is 12.9. The lowest BCUT2D eigenvalue weighted by atomic mass is 10.0. The summed E-state index contributed by atoms with van der Waals surface area (Å²) >= 11 is 0. The van der Waals surface area contributed by atoms with E-state index in [0.717, 1.165) is 64.2 Å². The minimum Gasteiger partial charge on any atom is -0.462 e. The second kappa shape index (κ2) is 67.1. The minimum atomic E-state index is -0.769. The Morgan fingerprint density at radius 1 is 0.256 bits per heavy atom. The molecule has 0 aliphatic heterocycles. The highest BCUT2D eigenvalue weighted by atomic mass is 16.6. The van der Waals surface area contributed by atoms with Crippen molar-refractivity contribution in [2.24, 2.45) is 0 Å². The third kappa shape index (κ3) is 64.5. The van der Waals surface area contributed by atoms with E-state index in [2.05, 4.69) is 57.2 Å². The minimum absolute atomic E-state index is 0.0680. The standard InChI is InChI=1S/C72H134O6/c1-4-7-10-13-16-19-21-23-25-27-28-29-30-31-32-33-34-35-36-37-38-39-40-41-42-43-44-46-47-49-51-53-56-59-62-65-71(74)77-68-69(67-76-70(73)64-61-58-55-18-15-12-9-6-3)78-72(75)66-63-60-57-54-52-50-48-45-26-24-22-20-17-14-11-8-5-2/h21,23-24,26-28,69H,4-20,22,25,29-68H2,1-3H3/b23-21-,26-24-,28-27-. The van der Waals surface area contributed by atoms with Crippen LogP contribution >= 0.6 is 0 Å². The molecule has 0 bridgehead atoms. The molecule has 0 saturated carbocycles. The highest BCUT2D eigenvalue weighted by Crippen LogP contribution is 2.18. The van der Waals surface area contributed by atoms with Crippen LogP contribution in [0.3, 0.4) is 0 Å². The molecule has 0 saturated heterocycles. The average Bonchev–Trinajstić information content (AvgIpc) is 3.44. The molecule has 6 heteroatoms. The van der Waals surface area contributed by atoms with Gasteiger partial charge in [-0.15, -0.1) is 0 Å². The Labute approximate surface area is 486 Å². The Kier molecular flexibility index (Phi) is 65.1. The van der Waals surface area contributed by atoms with Gasteiger partial charge < -0.3 is 14.2 Å². The highest BCUT2D eigenvalue weighted by molar-refractivity contribution is 5.71. The van der Waals surface area contributed by atoms with Crippen LogP contribution in [-0.4, -0.2) is 37.2 Å². The van der Waals surface area contributed by atoms with Crippen LogP contribution in [0.5, 0.6) is 0 Å². The largest absolute Gasteiger partial charge is 0.462 e. The third-order valence-corrected chi connectivity index (χ3v) is 15.9. The summed E-state index contributed by atoms with van der Waals surface area (Å²) in [6.45, 7) is 6.65. The van der Waals surface area contributed by atoms with Crippen molar-refractivity contribution in [3.63, 3.8) is 0 Å². The fourth-order valence-electron chi connectivity index (χ4n) is 10.6. The summed E-state index contributed by atoms with van der Waals surface area (Å²) in [7, 11) is 0. The monoisotopic (exact) mass is 1100 g/mol. The summed E-state index contributed by atoms with van der Waals surface area (Å²) in [5.74, 6) is -0.853. The molecule has 6 nitrogen and oxygen atoms in total. The smallest absolute Gasteiger partial charge is 0.306 e. The number of esters is 3. The van der Waals surface area contributed by atoms with Gasteiger partial charge in [-0.25, -0.2) is 0 Å². The number of hydrogen-bond acceptors (Lipinski definition) is 6. The van der Waals surface area contributed by atoms with Crippen molar-refractivity contribution in [2.75, 3.05) is 13.2 Å². The second-order valence-electron chi connectivity index (χ2n) is 23.8. The molecule has 0 aromatic carbocycles. The van der Waals surface area contributed by atoms with Gasteiger partial charge in [-0.3, -0.25) is 14.4 Å². The van der Waals surface area contributed by atoms with Crippen LogP contribution in [-0.2, 0) is 28.6 Å². The van der Waals surface area contributed by atoms with Crippen molar-refractivity contribution in [1.29, 1.82) is 0 Å². The van der Waals surface area contributed by atoms with E-state index in [1.807, 2.05) is 0 Å². The number of unbranched alkanes of at least 4 members (excludes halogenated alkanes) is 48. The van der Waals surface area contributed by atoms with Crippen molar-refractivity contribution in [2.45, 2.75) is 393 Å². The Bertz CT molecular complexity index is 1300. The zero-order chi connectivity index (χ0) is 56.4. The quantitative estimate of drug-likeness (QED) is 0.0261. The van der Waals surface area contributed by atoms with Crippen LogP contribution in [0.15, 0.2) is 36.5 Å². The summed E-state index contributed by atoms with van der Waals surface area (Å²) in [5.41, 5.74) is 0. The van der Waals surface area contributed by atoms with E-state index in [1.165, 1.54) is 283 Å². The van der Waals surface area contributed by atoms with Gasteiger partial charge in [-0.05, 0) is 77.0 Å². The molecular weight excluding hydrogens is 961 g/mol. The molecule has 0 spiro atoms. The van der Waals surface area contributed by atoms with Gasteiger partial charge in [0.2, 0.25) is 0 Å². The molecule has 0 amide bonds. The fourth-order valence-corrected chi connectivity index (χ4v) is 10.6. The molecule has 0 heterocycles. The van der Waals surface area contributed by atoms with E-state index in [9.17, 15) is 14.4 Å². The number of hydrogen-bond donors (Lipinski definition) is 0. The maximum absolute atomic E-state index is 12.9. The SMILES string of the molecule is CCCCCCC/C=C\C/C=C\CCCCCCCCCCCCCCCCCCCCCCCCCC(=O)OCC(COC(=O)CCCCCCCCCC)OC(=O)CCCCCCCCC/C=C\CCCCCCCC. The van der Waals surface area contributed by atoms with Gasteiger partial charge in [0.1, 0.15) is 13.2 Å². The van der Waals surface area contributed by atoms with Gasteiger partial charge in [-0.2, -0.15) is 0 Å². The average molecular weight is 1100 g/mol. The molecule has 0 aromatic rings. The van der Waals surface area contributed by atoms with E-state index in [4.69, 9.17) is 14.2 Å². The summed E-state index contributed by atoms with van der Waals surface area (Å²) in [5, 5.41) is 0. The molecule has 0 fully saturated rings. The van der Waals surface area contributed by atoms with Crippen LogP contribution in [0.4, 0.5) is 0 Å². The van der Waals surface area contributed by atoms with Crippen LogP contribution in [0.1, 0.15) is 387 Å². The van der Waals surface area contributed by atoms with Crippen molar-refractivity contribution in [3.05, 3.63) is 36.5 Å². The molecule has 78 heavy (non-hydrogen) atoms. The first-order valence-electron chi connectivity index (χ1n) is 35.0. The summed E-state index contributed by atoms with van der Waals surface area (Å²) in [6, 6.07) is 0. The Morgan fingerprint density at radius 2 is 0.462 bits per heavy atom. The Balaban J connectivity index is 3.96. The first kappa shape index (κ1) is 75.6. The van der Waals surface area contributed by atoms with Gasteiger partial charge in [0.25, 0.3) is 0 Å². The normalized spacial score (nSPS) is 12.2. The Morgan fingerprint density at radius 3 is 0.718 bits per heavy atom. The number of allylic oxidation sites excluding steroid dienone is 6. The molecule has 1 unspecified atom stereocenters. The summed E-state index contributed by atoms with van der Waals surface area (Å²) in [4.78, 5) is 38.1. The van der Waals surface area contributed by atoms with Crippen molar-refractivity contribution >= 4 is 17.9 Å². The predicted molar refractivity (Wildman–Crippen MR) is 339 cm³/mol.